The predicted molar refractivity (Wildman–Crippen MR) is 117 cm³/mol. The topological polar surface area (TPSA) is 117 Å². The number of fused-ring (bicyclic) bond motifs is 1. The molecule has 1 aliphatic heterocycles. The zero-order valence-corrected chi connectivity index (χ0v) is 18.1. The summed E-state index contributed by atoms with van der Waals surface area (Å²) in [5.41, 5.74) is 1.14. The Morgan fingerprint density at radius 3 is 2.55 bits per heavy atom. The quantitative estimate of drug-likeness (QED) is 0.600. The van der Waals surface area contributed by atoms with E-state index in [0.29, 0.717) is 23.4 Å². The molecule has 0 aliphatic carbocycles. The SMILES string of the molecule is COc1ccc(NC(=O)CN(C)C(=O)CCCN=C2NS(=O)(=O)c3ccccc32)cc1. The van der Waals surface area contributed by atoms with E-state index >= 15 is 0 Å². The van der Waals surface area contributed by atoms with Crippen LogP contribution in [0.2, 0.25) is 0 Å². The van der Waals surface area contributed by atoms with Crippen molar-refractivity contribution in [3.05, 3.63) is 54.1 Å². The lowest BCUT2D eigenvalue weighted by atomic mass is 10.2. The highest BCUT2D eigenvalue weighted by Gasteiger charge is 2.29. The van der Waals surface area contributed by atoms with Gasteiger partial charge in [-0.15, -0.1) is 0 Å². The van der Waals surface area contributed by atoms with Crippen molar-refractivity contribution in [2.45, 2.75) is 17.7 Å². The summed E-state index contributed by atoms with van der Waals surface area (Å²) in [6.07, 6.45) is 0.619. The Morgan fingerprint density at radius 2 is 1.84 bits per heavy atom. The molecule has 2 amide bonds. The zero-order chi connectivity index (χ0) is 22.4. The fraction of sp³-hybridized carbons (Fsp3) is 0.286. The van der Waals surface area contributed by atoms with Crippen LogP contribution in [-0.4, -0.2) is 58.2 Å². The van der Waals surface area contributed by atoms with Gasteiger partial charge in [0.25, 0.3) is 10.0 Å². The molecule has 10 heteroatoms. The zero-order valence-electron chi connectivity index (χ0n) is 17.3. The van der Waals surface area contributed by atoms with Crippen molar-refractivity contribution in [1.82, 2.24) is 9.62 Å². The van der Waals surface area contributed by atoms with Crippen molar-refractivity contribution in [2.75, 3.05) is 32.6 Å². The molecule has 0 aromatic heterocycles. The van der Waals surface area contributed by atoms with E-state index < -0.39 is 10.0 Å². The number of rotatable bonds is 8. The molecule has 3 rings (SSSR count). The molecule has 0 saturated carbocycles. The standard InChI is InChI=1S/C21H24N4O5S/c1-25(14-19(26)23-15-9-11-16(30-2)12-10-15)20(27)8-5-13-22-21-17-6-3-4-7-18(17)31(28,29)24-21/h3-4,6-7,9-12H,5,8,13-14H2,1-2H3,(H,22,24)(H,23,26). The number of aliphatic imine (C=N–C) groups is 1. The lowest BCUT2D eigenvalue weighted by molar-refractivity contribution is -0.133. The molecule has 2 aromatic carbocycles. The number of sulfonamides is 1. The van der Waals surface area contributed by atoms with E-state index in [2.05, 4.69) is 15.0 Å². The Bertz CT molecular complexity index is 1100. The predicted octanol–water partition coefficient (Wildman–Crippen LogP) is 1.61. The second-order valence-electron chi connectivity index (χ2n) is 6.96. The molecular weight excluding hydrogens is 420 g/mol. The lowest BCUT2D eigenvalue weighted by Gasteiger charge is -2.16. The third-order valence-electron chi connectivity index (χ3n) is 4.66. The van der Waals surface area contributed by atoms with Gasteiger partial charge in [-0.05, 0) is 42.8 Å². The monoisotopic (exact) mass is 444 g/mol. The number of likely N-dealkylation sites (N-methyl/N-ethyl adjacent to an activating group) is 1. The van der Waals surface area contributed by atoms with E-state index in [4.69, 9.17) is 4.74 Å². The molecule has 0 spiro atoms. The fourth-order valence-electron chi connectivity index (χ4n) is 3.04. The maximum atomic E-state index is 12.3. The highest BCUT2D eigenvalue weighted by Crippen LogP contribution is 2.22. The van der Waals surface area contributed by atoms with Crippen molar-refractivity contribution < 1.29 is 22.7 Å². The third kappa shape index (κ3) is 5.60. The van der Waals surface area contributed by atoms with Gasteiger partial charge in [-0.1, -0.05) is 12.1 Å². The number of carbonyl (C=O) groups is 2. The Hall–Kier alpha value is -3.40. The number of amidine groups is 1. The summed E-state index contributed by atoms with van der Waals surface area (Å²) in [4.78, 5) is 30.3. The molecule has 0 atom stereocenters. The van der Waals surface area contributed by atoms with Crippen LogP contribution >= 0.6 is 0 Å². The van der Waals surface area contributed by atoms with Gasteiger partial charge < -0.3 is 15.0 Å². The molecule has 0 bridgehead atoms. The normalized spacial score (nSPS) is 15.1. The molecule has 0 saturated heterocycles. The number of hydrogen-bond acceptors (Lipinski definition) is 6. The van der Waals surface area contributed by atoms with E-state index in [0.717, 1.165) is 0 Å². The van der Waals surface area contributed by atoms with Crippen molar-refractivity contribution in [3.63, 3.8) is 0 Å². The molecule has 9 nitrogen and oxygen atoms in total. The first-order valence-corrected chi connectivity index (χ1v) is 11.1. The highest BCUT2D eigenvalue weighted by atomic mass is 32.2. The Kier molecular flexibility index (Phi) is 6.91. The molecule has 0 fully saturated rings. The Labute approximate surface area is 181 Å². The summed E-state index contributed by atoms with van der Waals surface area (Å²) in [6, 6.07) is 13.5. The summed E-state index contributed by atoms with van der Waals surface area (Å²) in [5.74, 6) is 0.466. The van der Waals surface area contributed by atoms with E-state index in [1.807, 2.05) is 0 Å². The minimum absolute atomic E-state index is 0.0768. The first-order valence-electron chi connectivity index (χ1n) is 9.64. The van der Waals surface area contributed by atoms with Crippen LogP contribution < -0.4 is 14.8 Å². The summed E-state index contributed by atoms with van der Waals surface area (Å²) in [5, 5.41) is 2.73. The maximum Gasteiger partial charge on any atom is 0.263 e. The number of carbonyl (C=O) groups excluding carboxylic acids is 2. The third-order valence-corrected chi connectivity index (χ3v) is 6.06. The van der Waals surface area contributed by atoms with Gasteiger partial charge >= 0.3 is 0 Å². The number of nitrogens with one attached hydrogen (secondary N) is 2. The first-order chi connectivity index (χ1) is 14.8. The number of anilines is 1. The Morgan fingerprint density at radius 1 is 1.13 bits per heavy atom. The lowest BCUT2D eigenvalue weighted by Crippen LogP contribution is -2.34. The van der Waals surface area contributed by atoms with Gasteiger partial charge in [0.15, 0.2) is 0 Å². The van der Waals surface area contributed by atoms with Gasteiger partial charge in [0.1, 0.15) is 11.6 Å². The number of amides is 2. The smallest absolute Gasteiger partial charge is 0.263 e. The number of hydrogen-bond donors (Lipinski definition) is 2. The van der Waals surface area contributed by atoms with Gasteiger partial charge in [-0.3, -0.25) is 19.3 Å². The molecule has 2 aromatic rings. The maximum absolute atomic E-state index is 12.3. The summed E-state index contributed by atoms with van der Waals surface area (Å²) >= 11 is 0. The van der Waals surface area contributed by atoms with Crippen molar-refractivity contribution >= 4 is 33.4 Å². The molecule has 31 heavy (non-hydrogen) atoms. The van der Waals surface area contributed by atoms with Gasteiger partial charge in [-0.2, -0.15) is 0 Å². The van der Waals surface area contributed by atoms with Crippen molar-refractivity contribution in [2.24, 2.45) is 4.99 Å². The average Bonchev–Trinajstić information content (AvgIpc) is 3.02. The van der Waals surface area contributed by atoms with E-state index in [-0.39, 0.29) is 42.1 Å². The summed E-state index contributed by atoms with van der Waals surface area (Å²) < 4.78 is 31.6. The van der Waals surface area contributed by atoms with Gasteiger partial charge in [0.05, 0.1) is 18.6 Å². The van der Waals surface area contributed by atoms with Crippen LogP contribution in [0, 0.1) is 0 Å². The molecule has 2 N–H and O–H groups in total. The second-order valence-corrected chi connectivity index (χ2v) is 8.61. The molecule has 0 radical (unpaired) electrons. The minimum atomic E-state index is -3.57. The number of nitrogens with zero attached hydrogens (tertiary/aromatic N) is 2. The summed E-state index contributed by atoms with van der Waals surface area (Å²) in [6.45, 7) is 0.205. The number of ether oxygens (including phenoxy) is 1. The van der Waals surface area contributed by atoms with Crippen LogP contribution in [0.15, 0.2) is 58.4 Å². The number of methoxy groups -OCH3 is 1. The molecule has 1 aliphatic rings. The molecule has 164 valence electrons. The van der Waals surface area contributed by atoms with Gasteiger partial charge in [-0.25, -0.2) is 8.42 Å². The minimum Gasteiger partial charge on any atom is -0.497 e. The van der Waals surface area contributed by atoms with E-state index in [9.17, 15) is 18.0 Å². The molecule has 1 heterocycles. The molecule has 0 unspecified atom stereocenters. The van der Waals surface area contributed by atoms with Crippen molar-refractivity contribution in [3.8, 4) is 5.75 Å². The highest BCUT2D eigenvalue weighted by molar-refractivity contribution is 7.90. The molecular formula is C21H24N4O5S. The van der Waals surface area contributed by atoms with Crippen LogP contribution in [-0.2, 0) is 19.6 Å². The van der Waals surface area contributed by atoms with Crippen LogP contribution in [0.5, 0.6) is 5.75 Å². The van der Waals surface area contributed by atoms with Crippen LogP contribution in [0.3, 0.4) is 0 Å². The fourth-order valence-corrected chi connectivity index (χ4v) is 4.29. The van der Waals surface area contributed by atoms with Crippen LogP contribution in [0.1, 0.15) is 18.4 Å². The van der Waals surface area contributed by atoms with Crippen LogP contribution in [0.4, 0.5) is 5.69 Å². The largest absolute Gasteiger partial charge is 0.497 e. The summed E-state index contributed by atoms with van der Waals surface area (Å²) in [7, 11) is -0.453. The van der Waals surface area contributed by atoms with E-state index in [1.54, 1.807) is 56.6 Å². The van der Waals surface area contributed by atoms with Crippen molar-refractivity contribution in [1.29, 1.82) is 0 Å². The van der Waals surface area contributed by atoms with Gasteiger partial charge in [0, 0.05) is 31.3 Å². The second kappa shape index (κ2) is 9.61. The number of benzene rings is 2. The van der Waals surface area contributed by atoms with Crippen LogP contribution in [0.25, 0.3) is 0 Å². The Balaban J connectivity index is 1.45. The first kappa shape index (κ1) is 22.3. The van der Waals surface area contributed by atoms with Gasteiger partial charge in [0.2, 0.25) is 11.8 Å². The van der Waals surface area contributed by atoms with E-state index in [1.165, 1.54) is 11.0 Å². The average molecular weight is 445 g/mol.